The smallest absolute Gasteiger partial charge is 0.274 e. The van der Waals surface area contributed by atoms with Crippen molar-refractivity contribution in [3.05, 3.63) is 75.7 Å². The van der Waals surface area contributed by atoms with Crippen molar-refractivity contribution in [1.29, 1.82) is 0 Å². The average molecular weight is 475 g/mol. The number of amides is 1. The number of nitrogens with zero attached hydrogens (tertiary/aromatic N) is 3. The van der Waals surface area contributed by atoms with Gasteiger partial charge in [0.05, 0.1) is 27.9 Å². The van der Waals surface area contributed by atoms with E-state index in [1.165, 1.54) is 12.1 Å². The number of nitrogens with one attached hydrogen (secondary N) is 2. The van der Waals surface area contributed by atoms with E-state index in [1.807, 2.05) is 12.1 Å². The second-order valence-electron chi connectivity index (χ2n) is 6.24. The van der Waals surface area contributed by atoms with Crippen molar-refractivity contribution < 1.29 is 9.18 Å². The Balaban J connectivity index is 1.63. The molecule has 0 bridgehead atoms. The van der Waals surface area contributed by atoms with Crippen molar-refractivity contribution in [2.45, 2.75) is 0 Å². The highest BCUT2D eigenvalue weighted by Crippen LogP contribution is 2.29. The van der Waals surface area contributed by atoms with E-state index >= 15 is 0 Å². The maximum absolute atomic E-state index is 14.1. The molecule has 2 N–H and O–H groups in total. The first kappa shape index (κ1) is 19.4. The van der Waals surface area contributed by atoms with Crippen LogP contribution in [0.1, 0.15) is 10.5 Å². The number of halogens is 3. The zero-order chi connectivity index (χ0) is 20.5. The van der Waals surface area contributed by atoms with E-state index in [1.54, 1.807) is 42.1 Å². The average Bonchev–Trinajstić information content (AvgIpc) is 3.01. The number of aromatic nitrogens is 3. The highest BCUT2D eigenvalue weighted by atomic mass is 79.9. The quantitative estimate of drug-likeness (QED) is 0.408. The van der Waals surface area contributed by atoms with Gasteiger partial charge in [0.15, 0.2) is 0 Å². The number of pyridine rings is 1. The molecule has 0 aliphatic carbocycles. The van der Waals surface area contributed by atoms with Gasteiger partial charge in [0.25, 0.3) is 5.91 Å². The highest BCUT2D eigenvalue weighted by molar-refractivity contribution is 9.10. The molecule has 0 unspecified atom stereocenters. The maximum Gasteiger partial charge on any atom is 0.274 e. The van der Waals surface area contributed by atoms with Gasteiger partial charge in [0.2, 0.25) is 5.95 Å². The Kier molecular flexibility index (Phi) is 5.21. The Hall–Kier alpha value is -2.97. The zero-order valence-corrected chi connectivity index (χ0v) is 17.4. The van der Waals surface area contributed by atoms with E-state index in [0.29, 0.717) is 22.7 Å². The van der Waals surface area contributed by atoms with E-state index in [2.05, 4.69) is 36.5 Å². The molecule has 0 spiro atoms. The van der Waals surface area contributed by atoms with E-state index < -0.39 is 5.82 Å². The third-order valence-electron chi connectivity index (χ3n) is 4.30. The first-order chi connectivity index (χ1) is 13.9. The SMILES string of the molecule is Cn1c(Nc2c(F)cccc2Cl)nc2cc(C(=O)Nc3ccc(Br)cc3)ncc21. The number of carbonyl (C=O) groups is 1. The van der Waals surface area contributed by atoms with Gasteiger partial charge < -0.3 is 15.2 Å². The number of fused-ring (bicyclic) bond motifs is 1. The predicted octanol–water partition coefficient (Wildman–Crippen LogP) is 5.52. The van der Waals surface area contributed by atoms with Crippen molar-refractivity contribution in [2.24, 2.45) is 7.05 Å². The lowest BCUT2D eigenvalue weighted by Crippen LogP contribution is -2.13. The van der Waals surface area contributed by atoms with E-state index in [-0.39, 0.29) is 22.3 Å². The van der Waals surface area contributed by atoms with Crippen LogP contribution in [0.5, 0.6) is 0 Å². The van der Waals surface area contributed by atoms with Crippen LogP contribution in [0.3, 0.4) is 0 Å². The number of carbonyl (C=O) groups excluding carboxylic acids is 1. The Bertz CT molecular complexity index is 1210. The van der Waals surface area contributed by atoms with Crippen molar-refractivity contribution in [3.63, 3.8) is 0 Å². The monoisotopic (exact) mass is 473 g/mol. The minimum absolute atomic E-state index is 0.133. The standard InChI is InChI=1S/C20H14BrClFN5O/c1-28-17-10-24-16(19(29)25-12-7-5-11(21)6-8-12)9-15(17)26-20(28)27-18-13(22)3-2-4-14(18)23/h2-10H,1H3,(H,25,29)(H,26,27). The van der Waals surface area contributed by atoms with Crippen LogP contribution < -0.4 is 10.6 Å². The molecule has 29 heavy (non-hydrogen) atoms. The largest absolute Gasteiger partial charge is 0.322 e. The molecule has 9 heteroatoms. The molecule has 0 aliphatic heterocycles. The lowest BCUT2D eigenvalue weighted by atomic mass is 10.2. The molecule has 2 heterocycles. The van der Waals surface area contributed by atoms with Gasteiger partial charge in [-0.2, -0.15) is 0 Å². The molecule has 0 saturated heterocycles. The van der Waals surface area contributed by atoms with Gasteiger partial charge in [-0.1, -0.05) is 33.6 Å². The summed E-state index contributed by atoms with van der Waals surface area (Å²) in [4.78, 5) is 21.2. The van der Waals surface area contributed by atoms with Crippen molar-refractivity contribution in [1.82, 2.24) is 14.5 Å². The number of benzene rings is 2. The van der Waals surface area contributed by atoms with Gasteiger partial charge in [-0.25, -0.2) is 14.4 Å². The number of rotatable bonds is 4. The molecule has 146 valence electrons. The molecule has 2 aromatic heterocycles. The summed E-state index contributed by atoms with van der Waals surface area (Å²) in [5, 5.41) is 5.93. The Morgan fingerprint density at radius 2 is 1.97 bits per heavy atom. The van der Waals surface area contributed by atoms with Crippen LogP contribution in [-0.4, -0.2) is 20.4 Å². The van der Waals surface area contributed by atoms with Crippen LogP contribution in [0.15, 0.2) is 59.2 Å². The van der Waals surface area contributed by atoms with Crippen molar-refractivity contribution in [2.75, 3.05) is 10.6 Å². The fourth-order valence-corrected chi connectivity index (χ4v) is 3.26. The fraction of sp³-hybridized carbons (Fsp3) is 0.0500. The zero-order valence-electron chi connectivity index (χ0n) is 15.1. The first-order valence-electron chi connectivity index (χ1n) is 8.53. The summed E-state index contributed by atoms with van der Waals surface area (Å²) < 4.78 is 16.7. The van der Waals surface area contributed by atoms with Gasteiger partial charge in [0, 0.05) is 17.2 Å². The van der Waals surface area contributed by atoms with E-state index in [9.17, 15) is 9.18 Å². The van der Waals surface area contributed by atoms with Gasteiger partial charge in [-0.3, -0.25) is 4.79 Å². The molecule has 4 rings (SSSR count). The normalized spacial score (nSPS) is 10.9. The highest BCUT2D eigenvalue weighted by Gasteiger charge is 2.15. The molecule has 1 amide bonds. The van der Waals surface area contributed by atoms with Crippen LogP contribution in [0, 0.1) is 5.82 Å². The van der Waals surface area contributed by atoms with Gasteiger partial charge >= 0.3 is 0 Å². The molecule has 2 aromatic carbocycles. The van der Waals surface area contributed by atoms with E-state index in [0.717, 1.165) is 4.47 Å². The molecule has 0 saturated carbocycles. The third-order valence-corrected chi connectivity index (χ3v) is 5.15. The summed E-state index contributed by atoms with van der Waals surface area (Å²) in [7, 11) is 1.76. The summed E-state index contributed by atoms with van der Waals surface area (Å²) in [6, 6.07) is 13.2. The number of anilines is 3. The lowest BCUT2D eigenvalue weighted by Gasteiger charge is -2.08. The molecular formula is C20H14BrClFN5O. The van der Waals surface area contributed by atoms with Crippen LogP contribution in [0.2, 0.25) is 5.02 Å². The topological polar surface area (TPSA) is 71.8 Å². The fourth-order valence-electron chi connectivity index (χ4n) is 2.78. The van der Waals surface area contributed by atoms with Gasteiger partial charge in [-0.05, 0) is 42.5 Å². The molecule has 0 radical (unpaired) electrons. The molecule has 0 atom stereocenters. The lowest BCUT2D eigenvalue weighted by molar-refractivity contribution is 0.102. The maximum atomic E-state index is 14.1. The Morgan fingerprint density at radius 3 is 2.69 bits per heavy atom. The minimum Gasteiger partial charge on any atom is -0.322 e. The van der Waals surface area contributed by atoms with Gasteiger partial charge in [-0.15, -0.1) is 0 Å². The summed E-state index contributed by atoms with van der Waals surface area (Å²) in [6.45, 7) is 0. The summed E-state index contributed by atoms with van der Waals surface area (Å²) in [6.07, 6.45) is 1.55. The van der Waals surface area contributed by atoms with Crippen molar-refractivity contribution >= 4 is 61.8 Å². The van der Waals surface area contributed by atoms with Gasteiger partial charge in [0.1, 0.15) is 11.5 Å². The summed E-state index contributed by atoms with van der Waals surface area (Å²) in [5.74, 6) is -0.469. The molecule has 0 aliphatic rings. The summed E-state index contributed by atoms with van der Waals surface area (Å²) in [5.41, 5.74) is 2.22. The molecule has 0 fully saturated rings. The van der Waals surface area contributed by atoms with Crippen LogP contribution >= 0.6 is 27.5 Å². The van der Waals surface area contributed by atoms with E-state index in [4.69, 9.17) is 11.6 Å². The molecule has 4 aromatic rings. The second kappa shape index (κ2) is 7.81. The van der Waals surface area contributed by atoms with Crippen molar-refractivity contribution in [3.8, 4) is 0 Å². The number of aryl methyl sites for hydroxylation is 1. The number of imidazole rings is 1. The molecular weight excluding hydrogens is 461 g/mol. The molecule has 6 nitrogen and oxygen atoms in total. The van der Waals surface area contributed by atoms with Crippen LogP contribution in [0.25, 0.3) is 11.0 Å². The number of hydrogen-bond donors (Lipinski definition) is 2. The predicted molar refractivity (Wildman–Crippen MR) is 115 cm³/mol. The number of para-hydroxylation sites is 1. The minimum atomic E-state index is -0.489. The van der Waals surface area contributed by atoms with Crippen LogP contribution in [0.4, 0.5) is 21.7 Å². The first-order valence-corrected chi connectivity index (χ1v) is 9.70. The summed E-state index contributed by atoms with van der Waals surface area (Å²) >= 11 is 9.43. The number of hydrogen-bond acceptors (Lipinski definition) is 4. The third kappa shape index (κ3) is 3.94. The Morgan fingerprint density at radius 1 is 1.21 bits per heavy atom. The van der Waals surface area contributed by atoms with Crippen LogP contribution in [-0.2, 0) is 7.05 Å². The Labute approximate surface area is 178 Å². The second-order valence-corrected chi connectivity index (χ2v) is 7.56.